The highest BCUT2D eigenvalue weighted by atomic mass is 35.5. The van der Waals surface area contributed by atoms with Crippen LogP contribution >= 0.6 is 23.2 Å². The molecule has 0 aliphatic heterocycles. The van der Waals surface area contributed by atoms with Crippen molar-refractivity contribution < 1.29 is 19.7 Å². The molecule has 4 aromatic rings. The van der Waals surface area contributed by atoms with Crippen molar-refractivity contribution in [1.29, 1.82) is 0 Å². The molecule has 0 saturated heterocycles. The first-order valence-corrected chi connectivity index (χ1v) is 15.4. The quantitative estimate of drug-likeness (QED) is 0.171. The standard InChI is InChI=1S/C33H35Cl2N5O4/c1-43-28-10-18(6-7-19(28)15-36-21-11-23(41)12-21)31-30(35)32(39-17-38-31)26-5-3-4-25(29(26)34)27-9-8-20(33(40-27)44-2)16-37-22-13-24(42)14-22/h3-10,17,21-24,36-37,41-42H,11-16H2,1-2H3/t21-,22-,23+,24-. The second-order valence-corrected chi connectivity index (χ2v) is 12.1. The average molecular weight is 637 g/mol. The van der Waals surface area contributed by atoms with E-state index < -0.39 is 0 Å². The zero-order chi connectivity index (χ0) is 30.8. The Bertz CT molecular complexity index is 1520. The van der Waals surface area contributed by atoms with E-state index in [4.69, 9.17) is 37.7 Å². The summed E-state index contributed by atoms with van der Waals surface area (Å²) in [7, 11) is 3.24. The summed E-state index contributed by atoms with van der Waals surface area (Å²) in [5.41, 5.74) is 5.82. The van der Waals surface area contributed by atoms with Gasteiger partial charge in [0.1, 0.15) is 12.1 Å². The molecule has 2 heterocycles. The van der Waals surface area contributed by atoms with Gasteiger partial charge < -0.3 is 30.3 Å². The van der Waals surface area contributed by atoms with Crippen molar-refractivity contribution in [2.75, 3.05) is 14.2 Å². The summed E-state index contributed by atoms with van der Waals surface area (Å²) >= 11 is 14.0. The number of methoxy groups -OCH3 is 2. The van der Waals surface area contributed by atoms with Crippen LogP contribution in [0.4, 0.5) is 0 Å². The molecule has 0 radical (unpaired) electrons. The molecular formula is C33H35Cl2N5O4. The van der Waals surface area contributed by atoms with Gasteiger partial charge in [0.05, 0.1) is 53.6 Å². The van der Waals surface area contributed by atoms with E-state index >= 15 is 0 Å². The third kappa shape index (κ3) is 6.40. The lowest BCUT2D eigenvalue weighted by molar-refractivity contribution is 0.0615. The van der Waals surface area contributed by atoms with Crippen LogP contribution < -0.4 is 20.1 Å². The summed E-state index contributed by atoms with van der Waals surface area (Å²) in [6.07, 6.45) is 4.10. The van der Waals surface area contributed by atoms with Crippen molar-refractivity contribution in [3.63, 3.8) is 0 Å². The SMILES string of the molecule is COc1cc(-c2ncnc(-c3cccc(-c4ccc(CN[C@H]5C[C@H](O)C5)c(OC)n4)c3Cl)c2Cl)ccc1CN[C@H]1C[C@@H](O)C1. The molecule has 230 valence electrons. The lowest BCUT2D eigenvalue weighted by Gasteiger charge is -2.32. The van der Waals surface area contributed by atoms with E-state index in [2.05, 4.69) is 20.6 Å². The van der Waals surface area contributed by atoms with Crippen LogP contribution in [0.25, 0.3) is 33.8 Å². The maximum atomic E-state index is 9.57. The van der Waals surface area contributed by atoms with E-state index in [1.165, 1.54) is 6.33 Å². The van der Waals surface area contributed by atoms with Gasteiger partial charge in [0.2, 0.25) is 5.88 Å². The maximum absolute atomic E-state index is 9.57. The number of benzene rings is 2. The van der Waals surface area contributed by atoms with Crippen LogP contribution in [-0.4, -0.2) is 63.7 Å². The van der Waals surface area contributed by atoms with Crippen LogP contribution in [0.5, 0.6) is 11.6 Å². The van der Waals surface area contributed by atoms with E-state index in [9.17, 15) is 10.2 Å². The molecule has 11 heteroatoms. The monoisotopic (exact) mass is 635 g/mol. The molecule has 0 amide bonds. The third-order valence-corrected chi connectivity index (χ3v) is 9.17. The fourth-order valence-electron chi connectivity index (χ4n) is 5.66. The summed E-state index contributed by atoms with van der Waals surface area (Å²) in [6.45, 7) is 1.22. The number of halogens is 2. The van der Waals surface area contributed by atoms with Crippen LogP contribution in [-0.2, 0) is 13.1 Å². The second kappa shape index (κ2) is 13.4. The second-order valence-electron chi connectivity index (χ2n) is 11.3. The Morgan fingerprint density at radius 3 is 2.07 bits per heavy atom. The average Bonchev–Trinajstić information content (AvgIpc) is 3.00. The van der Waals surface area contributed by atoms with Crippen LogP contribution in [0.15, 0.2) is 54.9 Å². The van der Waals surface area contributed by atoms with E-state index in [1.54, 1.807) is 14.2 Å². The molecule has 2 aromatic heterocycles. The van der Waals surface area contributed by atoms with Crippen molar-refractivity contribution in [3.8, 4) is 45.4 Å². The molecule has 2 aliphatic carbocycles. The fourth-order valence-corrected chi connectivity index (χ4v) is 6.28. The number of hydrogen-bond donors (Lipinski definition) is 4. The predicted molar refractivity (Wildman–Crippen MR) is 171 cm³/mol. The number of rotatable bonds is 11. The van der Waals surface area contributed by atoms with Gasteiger partial charge in [-0.05, 0) is 37.8 Å². The summed E-state index contributed by atoms with van der Waals surface area (Å²) in [6, 6.07) is 16.1. The molecule has 0 atom stereocenters. The first kappa shape index (κ1) is 30.7. The van der Waals surface area contributed by atoms with Gasteiger partial charge >= 0.3 is 0 Å². The molecule has 0 bridgehead atoms. The Kier molecular flexibility index (Phi) is 9.32. The molecule has 2 aromatic carbocycles. The highest BCUT2D eigenvalue weighted by molar-refractivity contribution is 6.38. The number of hydrogen-bond acceptors (Lipinski definition) is 9. The van der Waals surface area contributed by atoms with Gasteiger partial charge in [-0.3, -0.25) is 0 Å². The molecule has 2 aliphatic rings. The highest BCUT2D eigenvalue weighted by Gasteiger charge is 2.28. The van der Waals surface area contributed by atoms with Gasteiger partial charge in [0.15, 0.2) is 0 Å². The van der Waals surface area contributed by atoms with Crippen LogP contribution in [0.3, 0.4) is 0 Å². The van der Waals surface area contributed by atoms with Crippen molar-refractivity contribution >= 4 is 23.2 Å². The Morgan fingerprint density at radius 1 is 0.773 bits per heavy atom. The van der Waals surface area contributed by atoms with E-state index in [0.717, 1.165) is 53.7 Å². The Morgan fingerprint density at radius 2 is 1.41 bits per heavy atom. The minimum atomic E-state index is -0.215. The van der Waals surface area contributed by atoms with Gasteiger partial charge in [0, 0.05) is 53.0 Å². The Hall–Kier alpha value is -3.31. The van der Waals surface area contributed by atoms with Crippen molar-refractivity contribution in [3.05, 3.63) is 76.0 Å². The summed E-state index contributed by atoms with van der Waals surface area (Å²) in [5.74, 6) is 1.23. The lowest BCUT2D eigenvalue weighted by atomic mass is 9.89. The fraction of sp³-hybridized carbons (Fsp3) is 0.364. The Balaban J connectivity index is 1.25. The molecule has 0 spiro atoms. The number of aromatic nitrogens is 3. The van der Waals surface area contributed by atoms with Gasteiger partial charge in [-0.1, -0.05) is 59.6 Å². The summed E-state index contributed by atoms with van der Waals surface area (Å²) in [4.78, 5) is 13.8. The molecule has 0 unspecified atom stereocenters. The normalized spacial score (nSPS) is 21.0. The molecule has 44 heavy (non-hydrogen) atoms. The third-order valence-electron chi connectivity index (χ3n) is 8.40. The molecular weight excluding hydrogens is 601 g/mol. The molecule has 9 nitrogen and oxygen atoms in total. The van der Waals surface area contributed by atoms with E-state index in [-0.39, 0.29) is 12.2 Å². The number of aliphatic hydroxyl groups is 2. The Labute approximate surface area is 266 Å². The smallest absolute Gasteiger partial charge is 0.218 e. The number of pyridine rings is 1. The van der Waals surface area contributed by atoms with Gasteiger partial charge in [-0.2, -0.15) is 0 Å². The van der Waals surface area contributed by atoms with Gasteiger partial charge in [0.25, 0.3) is 0 Å². The minimum absolute atomic E-state index is 0.208. The van der Waals surface area contributed by atoms with Crippen LogP contribution in [0.2, 0.25) is 10.0 Å². The molecule has 6 rings (SSSR count). The lowest BCUT2D eigenvalue weighted by Crippen LogP contribution is -2.43. The molecule has 2 saturated carbocycles. The number of nitrogens with zero attached hydrogens (tertiary/aromatic N) is 3. The van der Waals surface area contributed by atoms with Crippen molar-refractivity contribution in [2.45, 2.75) is 63.1 Å². The molecule has 4 N–H and O–H groups in total. The largest absolute Gasteiger partial charge is 0.496 e. The highest BCUT2D eigenvalue weighted by Crippen LogP contribution is 2.41. The first-order chi connectivity index (χ1) is 21.3. The predicted octanol–water partition coefficient (Wildman–Crippen LogP) is 5.42. The van der Waals surface area contributed by atoms with Gasteiger partial charge in [-0.25, -0.2) is 15.0 Å². The first-order valence-electron chi connectivity index (χ1n) is 14.7. The maximum Gasteiger partial charge on any atom is 0.218 e. The number of nitrogens with one attached hydrogen (secondary N) is 2. The van der Waals surface area contributed by atoms with Crippen molar-refractivity contribution in [2.24, 2.45) is 0 Å². The molecule has 2 fully saturated rings. The van der Waals surface area contributed by atoms with Crippen molar-refractivity contribution in [1.82, 2.24) is 25.6 Å². The van der Waals surface area contributed by atoms with E-state index in [0.29, 0.717) is 63.7 Å². The minimum Gasteiger partial charge on any atom is -0.496 e. The van der Waals surface area contributed by atoms with Crippen LogP contribution in [0.1, 0.15) is 36.8 Å². The summed E-state index contributed by atoms with van der Waals surface area (Å²) < 4.78 is 11.3. The van der Waals surface area contributed by atoms with Crippen LogP contribution in [0, 0.1) is 0 Å². The summed E-state index contributed by atoms with van der Waals surface area (Å²) in [5, 5.41) is 26.9. The number of aliphatic hydroxyl groups excluding tert-OH is 2. The van der Waals surface area contributed by atoms with Gasteiger partial charge in [-0.15, -0.1) is 0 Å². The number of ether oxygens (including phenoxy) is 2. The zero-order valence-corrected chi connectivity index (χ0v) is 26.1. The van der Waals surface area contributed by atoms with E-state index in [1.807, 2.05) is 48.5 Å². The topological polar surface area (TPSA) is 122 Å². The zero-order valence-electron chi connectivity index (χ0n) is 24.6.